The lowest BCUT2D eigenvalue weighted by Crippen LogP contribution is -2.31. The van der Waals surface area contributed by atoms with Crippen LogP contribution in [0.25, 0.3) is 21.3 Å². The van der Waals surface area contributed by atoms with Crippen LogP contribution in [0, 0.1) is 13.8 Å². The number of nitrogens with zero attached hydrogens (tertiary/aromatic N) is 2. The number of thiophene rings is 1. The van der Waals surface area contributed by atoms with Crippen LogP contribution in [0.5, 0.6) is 11.5 Å². The average Bonchev–Trinajstić information content (AvgIpc) is 3.16. The Morgan fingerprint density at radius 1 is 1.09 bits per heavy atom. The highest BCUT2D eigenvalue weighted by Crippen LogP contribution is 2.36. The van der Waals surface area contributed by atoms with Crippen molar-refractivity contribution in [2.24, 2.45) is 0 Å². The number of carbonyl (C=O) groups excluding carboxylic acids is 1. The summed E-state index contributed by atoms with van der Waals surface area (Å²) in [5.41, 5.74) is 3.18. The number of ether oxygens (including phenoxy) is 2. The minimum atomic E-state index is -0.795. The number of amides is 1. The van der Waals surface area contributed by atoms with Crippen molar-refractivity contribution in [3.8, 4) is 22.6 Å². The molecular formula is C25H25N3O4S. The fourth-order valence-corrected chi connectivity index (χ4v) is 4.74. The van der Waals surface area contributed by atoms with Crippen molar-refractivity contribution >= 4 is 33.1 Å². The summed E-state index contributed by atoms with van der Waals surface area (Å²) in [5.74, 6) is 0.705. The van der Waals surface area contributed by atoms with Crippen molar-refractivity contribution in [2.45, 2.75) is 26.8 Å². The summed E-state index contributed by atoms with van der Waals surface area (Å²) in [6, 6.07) is 12.4. The SMILES string of the molecule is COc1ccc(OC)c(NC(=O)C(C)n2cnc3sc(C)c(-c4ccc(C)cc4)c3c2=O)c1. The zero-order valence-electron chi connectivity index (χ0n) is 19.1. The average molecular weight is 464 g/mol. The number of benzene rings is 2. The number of aryl methyl sites for hydroxylation is 2. The molecular weight excluding hydrogens is 438 g/mol. The van der Waals surface area contributed by atoms with Gasteiger partial charge in [0.05, 0.1) is 31.6 Å². The highest BCUT2D eigenvalue weighted by Gasteiger charge is 2.22. The molecule has 4 rings (SSSR count). The highest BCUT2D eigenvalue weighted by molar-refractivity contribution is 7.19. The zero-order chi connectivity index (χ0) is 23.7. The third-order valence-electron chi connectivity index (χ3n) is 5.61. The Morgan fingerprint density at radius 2 is 1.82 bits per heavy atom. The van der Waals surface area contributed by atoms with E-state index in [0.29, 0.717) is 27.4 Å². The minimum absolute atomic E-state index is 0.250. The third kappa shape index (κ3) is 4.21. The number of methoxy groups -OCH3 is 2. The smallest absolute Gasteiger partial charge is 0.263 e. The first kappa shape index (κ1) is 22.5. The molecule has 0 aliphatic rings. The van der Waals surface area contributed by atoms with Crippen molar-refractivity contribution in [1.82, 2.24) is 9.55 Å². The van der Waals surface area contributed by atoms with Gasteiger partial charge in [0.1, 0.15) is 22.4 Å². The van der Waals surface area contributed by atoms with Gasteiger partial charge in [-0.2, -0.15) is 0 Å². The van der Waals surface area contributed by atoms with Crippen LogP contribution < -0.4 is 20.3 Å². The molecule has 0 saturated heterocycles. The topological polar surface area (TPSA) is 82.4 Å². The minimum Gasteiger partial charge on any atom is -0.497 e. The Labute approximate surface area is 195 Å². The first-order chi connectivity index (χ1) is 15.8. The van der Waals surface area contributed by atoms with Crippen LogP contribution in [0.3, 0.4) is 0 Å². The first-order valence-electron chi connectivity index (χ1n) is 10.4. The molecule has 1 unspecified atom stereocenters. The van der Waals surface area contributed by atoms with Gasteiger partial charge in [-0.1, -0.05) is 29.8 Å². The maximum Gasteiger partial charge on any atom is 0.263 e. The van der Waals surface area contributed by atoms with Gasteiger partial charge in [-0.3, -0.25) is 14.2 Å². The lowest BCUT2D eigenvalue weighted by Gasteiger charge is -2.17. The van der Waals surface area contributed by atoms with E-state index < -0.39 is 6.04 Å². The number of nitrogens with one attached hydrogen (secondary N) is 1. The van der Waals surface area contributed by atoms with Crippen LogP contribution in [-0.4, -0.2) is 29.7 Å². The summed E-state index contributed by atoms with van der Waals surface area (Å²) in [5, 5.41) is 3.37. The molecule has 33 heavy (non-hydrogen) atoms. The van der Waals surface area contributed by atoms with Gasteiger partial charge in [0.2, 0.25) is 5.91 Å². The molecule has 4 aromatic rings. The van der Waals surface area contributed by atoms with Crippen LogP contribution in [0.15, 0.2) is 53.6 Å². The van der Waals surface area contributed by atoms with Gasteiger partial charge < -0.3 is 14.8 Å². The lowest BCUT2D eigenvalue weighted by molar-refractivity contribution is -0.118. The monoisotopic (exact) mass is 463 g/mol. The van der Waals surface area contributed by atoms with Crippen LogP contribution in [-0.2, 0) is 4.79 Å². The summed E-state index contributed by atoms with van der Waals surface area (Å²) in [4.78, 5) is 32.8. The van der Waals surface area contributed by atoms with E-state index in [4.69, 9.17) is 9.47 Å². The molecule has 1 atom stereocenters. The number of anilines is 1. The second-order valence-corrected chi connectivity index (χ2v) is 8.97. The highest BCUT2D eigenvalue weighted by atomic mass is 32.1. The molecule has 1 amide bonds. The maximum absolute atomic E-state index is 13.5. The summed E-state index contributed by atoms with van der Waals surface area (Å²) in [7, 11) is 3.07. The Kier molecular flexibility index (Phi) is 6.20. The Hall–Kier alpha value is -3.65. The number of aromatic nitrogens is 2. The van der Waals surface area contributed by atoms with Gasteiger partial charge in [0.15, 0.2) is 0 Å². The molecule has 170 valence electrons. The second kappa shape index (κ2) is 9.07. The molecule has 0 aliphatic heterocycles. The zero-order valence-corrected chi connectivity index (χ0v) is 19.9. The first-order valence-corrected chi connectivity index (χ1v) is 11.3. The predicted molar refractivity (Wildman–Crippen MR) is 132 cm³/mol. The Morgan fingerprint density at radius 3 is 2.48 bits per heavy atom. The summed E-state index contributed by atoms with van der Waals surface area (Å²) in [6.45, 7) is 5.67. The summed E-state index contributed by atoms with van der Waals surface area (Å²) < 4.78 is 12.0. The number of rotatable bonds is 6. The van der Waals surface area contributed by atoms with Crippen LogP contribution >= 0.6 is 11.3 Å². The molecule has 0 saturated carbocycles. The molecule has 7 nitrogen and oxygen atoms in total. The van der Waals surface area contributed by atoms with E-state index in [1.54, 1.807) is 32.2 Å². The number of hydrogen-bond acceptors (Lipinski definition) is 6. The summed E-state index contributed by atoms with van der Waals surface area (Å²) in [6.07, 6.45) is 1.44. The summed E-state index contributed by atoms with van der Waals surface area (Å²) >= 11 is 1.48. The third-order valence-corrected chi connectivity index (χ3v) is 6.63. The van der Waals surface area contributed by atoms with Gasteiger partial charge in [-0.05, 0) is 38.5 Å². The van der Waals surface area contributed by atoms with E-state index in [1.807, 2.05) is 38.1 Å². The van der Waals surface area contributed by atoms with Crippen molar-refractivity contribution in [3.63, 3.8) is 0 Å². The second-order valence-electron chi connectivity index (χ2n) is 7.77. The number of fused-ring (bicyclic) bond motifs is 1. The van der Waals surface area contributed by atoms with Crippen molar-refractivity contribution < 1.29 is 14.3 Å². The van der Waals surface area contributed by atoms with Crippen LogP contribution in [0.4, 0.5) is 5.69 Å². The van der Waals surface area contributed by atoms with Crippen LogP contribution in [0.2, 0.25) is 0 Å². The largest absolute Gasteiger partial charge is 0.497 e. The number of hydrogen-bond donors (Lipinski definition) is 1. The van der Waals surface area contributed by atoms with E-state index in [9.17, 15) is 9.59 Å². The van der Waals surface area contributed by atoms with E-state index in [0.717, 1.165) is 21.6 Å². The number of carbonyl (C=O) groups is 1. The molecule has 0 radical (unpaired) electrons. The van der Waals surface area contributed by atoms with Crippen molar-refractivity contribution in [3.05, 3.63) is 69.6 Å². The Bertz CT molecular complexity index is 1390. The molecule has 2 aromatic heterocycles. The van der Waals surface area contributed by atoms with Gasteiger partial charge in [0.25, 0.3) is 5.56 Å². The van der Waals surface area contributed by atoms with E-state index in [2.05, 4.69) is 10.3 Å². The van der Waals surface area contributed by atoms with Crippen molar-refractivity contribution in [2.75, 3.05) is 19.5 Å². The van der Waals surface area contributed by atoms with Crippen molar-refractivity contribution in [1.29, 1.82) is 0 Å². The lowest BCUT2D eigenvalue weighted by atomic mass is 10.0. The molecule has 0 bridgehead atoms. The molecule has 2 heterocycles. The van der Waals surface area contributed by atoms with Crippen LogP contribution in [0.1, 0.15) is 23.4 Å². The van der Waals surface area contributed by atoms with E-state index in [1.165, 1.54) is 29.3 Å². The van der Waals surface area contributed by atoms with Gasteiger partial charge in [0, 0.05) is 16.5 Å². The molecule has 2 aromatic carbocycles. The molecule has 0 aliphatic carbocycles. The predicted octanol–water partition coefficient (Wildman–Crippen LogP) is 4.96. The van der Waals surface area contributed by atoms with Gasteiger partial charge in [-0.25, -0.2) is 4.98 Å². The quantitative estimate of drug-likeness (QED) is 0.437. The molecule has 0 spiro atoms. The van der Waals surface area contributed by atoms with E-state index >= 15 is 0 Å². The fraction of sp³-hybridized carbons (Fsp3) is 0.240. The standard InChI is InChI=1S/C25H25N3O4S/c1-14-6-8-17(9-7-14)21-16(3)33-24-22(21)25(30)28(13-26-24)15(2)23(29)27-19-12-18(31-4)10-11-20(19)32-5/h6-13,15H,1-5H3,(H,27,29). The maximum atomic E-state index is 13.5. The fourth-order valence-electron chi connectivity index (χ4n) is 3.73. The molecule has 0 fully saturated rings. The van der Waals surface area contributed by atoms with E-state index in [-0.39, 0.29) is 11.5 Å². The normalized spacial score (nSPS) is 11.9. The van der Waals surface area contributed by atoms with Gasteiger partial charge >= 0.3 is 0 Å². The Balaban J connectivity index is 1.74. The van der Waals surface area contributed by atoms with Gasteiger partial charge in [-0.15, -0.1) is 11.3 Å². The molecule has 8 heteroatoms. The molecule has 1 N–H and O–H groups in total.